The van der Waals surface area contributed by atoms with Crippen molar-refractivity contribution in [2.24, 2.45) is 5.16 Å². The average Bonchev–Trinajstić information content (AvgIpc) is 2.90. The summed E-state index contributed by atoms with van der Waals surface area (Å²) in [5.74, 6) is 0. The van der Waals surface area contributed by atoms with Crippen molar-refractivity contribution in [2.75, 3.05) is 0 Å². The zero-order chi connectivity index (χ0) is 11.5. The minimum absolute atomic E-state index is 0.0288. The Morgan fingerprint density at radius 2 is 1.88 bits per heavy atom. The zero-order valence-electron chi connectivity index (χ0n) is 9.15. The maximum Gasteiger partial charge on any atom is 0.159 e. The van der Waals surface area contributed by atoms with Crippen LogP contribution in [0, 0.1) is 0 Å². The van der Waals surface area contributed by atoms with E-state index in [1.165, 1.54) is 0 Å². The van der Waals surface area contributed by atoms with Gasteiger partial charge in [0.05, 0.1) is 5.71 Å². The van der Waals surface area contributed by atoms with Crippen molar-refractivity contribution in [2.45, 2.75) is 12.5 Å². The fraction of sp³-hybridized carbons (Fsp3) is 0.154. The molecule has 1 unspecified atom stereocenters. The summed E-state index contributed by atoms with van der Waals surface area (Å²) >= 11 is 0. The summed E-state index contributed by atoms with van der Waals surface area (Å²) in [6.07, 6.45) is 7.84. The molecule has 0 saturated heterocycles. The Balaban J connectivity index is 1.78. The summed E-state index contributed by atoms with van der Waals surface area (Å²) in [6, 6.07) is 7.79. The molecule has 0 radical (unpaired) electrons. The van der Waals surface area contributed by atoms with Gasteiger partial charge in [-0.2, -0.15) is 0 Å². The fourth-order valence-electron chi connectivity index (χ4n) is 1.83. The molecule has 0 aliphatic carbocycles. The summed E-state index contributed by atoms with van der Waals surface area (Å²) in [4.78, 5) is 13.6. The lowest BCUT2D eigenvalue weighted by molar-refractivity contribution is 0.0855. The molecule has 0 bridgehead atoms. The maximum absolute atomic E-state index is 5.43. The average molecular weight is 225 g/mol. The molecule has 84 valence electrons. The Kier molecular flexibility index (Phi) is 2.54. The Morgan fingerprint density at radius 3 is 2.59 bits per heavy atom. The Hall–Kier alpha value is -2.23. The lowest BCUT2D eigenvalue weighted by Gasteiger charge is -2.06. The second-order valence-electron chi connectivity index (χ2n) is 3.86. The molecule has 3 rings (SSSR count). The number of oxime groups is 1. The fourth-order valence-corrected chi connectivity index (χ4v) is 1.83. The minimum Gasteiger partial charge on any atom is -0.387 e. The van der Waals surface area contributed by atoms with Crippen molar-refractivity contribution < 1.29 is 4.84 Å². The highest BCUT2D eigenvalue weighted by Gasteiger charge is 2.23. The summed E-state index contributed by atoms with van der Waals surface area (Å²) in [7, 11) is 0. The van der Waals surface area contributed by atoms with E-state index in [-0.39, 0.29) is 6.10 Å². The molecule has 0 aromatic carbocycles. The van der Waals surface area contributed by atoms with Gasteiger partial charge in [0, 0.05) is 42.3 Å². The van der Waals surface area contributed by atoms with Crippen molar-refractivity contribution in [3.63, 3.8) is 0 Å². The Bertz CT molecular complexity index is 525. The molecular weight excluding hydrogens is 214 g/mol. The van der Waals surface area contributed by atoms with Crippen molar-refractivity contribution in [1.29, 1.82) is 0 Å². The third-order valence-electron chi connectivity index (χ3n) is 2.72. The Labute approximate surface area is 99.0 Å². The van der Waals surface area contributed by atoms with E-state index in [2.05, 4.69) is 15.1 Å². The number of rotatable bonds is 2. The van der Waals surface area contributed by atoms with Crippen LogP contribution in [0.15, 0.2) is 54.2 Å². The van der Waals surface area contributed by atoms with Crippen LogP contribution in [-0.2, 0) is 4.84 Å². The van der Waals surface area contributed by atoms with Gasteiger partial charge in [0.15, 0.2) is 6.10 Å². The van der Waals surface area contributed by atoms with Crippen LogP contribution in [0.1, 0.15) is 23.7 Å². The van der Waals surface area contributed by atoms with Gasteiger partial charge in [0.25, 0.3) is 0 Å². The van der Waals surface area contributed by atoms with Crippen LogP contribution < -0.4 is 0 Å². The van der Waals surface area contributed by atoms with Crippen LogP contribution in [-0.4, -0.2) is 15.7 Å². The van der Waals surface area contributed by atoms with Gasteiger partial charge in [-0.05, 0) is 18.2 Å². The first kappa shape index (κ1) is 9.96. The van der Waals surface area contributed by atoms with Gasteiger partial charge in [0.2, 0.25) is 0 Å². The van der Waals surface area contributed by atoms with Crippen molar-refractivity contribution >= 4 is 5.71 Å². The van der Waals surface area contributed by atoms with Crippen molar-refractivity contribution in [1.82, 2.24) is 9.97 Å². The minimum atomic E-state index is -0.0288. The van der Waals surface area contributed by atoms with E-state index in [4.69, 9.17) is 4.84 Å². The van der Waals surface area contributed by atoms with Gasteiger partial charge >= 0.3 is 0 Å². The number of hydrogen-bond donors (Lipinski definition) is 0. The molecule has 3 heterocycles. The number of aromatic nitrogens is 2. The lowest BCUT2D eigenvalue weighted by atomic mass is 10.0. The van der Waals surface area contributed by atoms with Gasteiger partial charge < -0.3 is 4.84 Å². The van der Waals surface area contributed by atoms with E-state index in [1.807, 2.05) is 30.5 Å². The highest BCUT2D eigenvalue weighted by atomic mass is 16.6. The van der Waals surface area contributed by atoms with E-state index in [1.54, 1.807) is 18.6 Å². The third kappa shape index (κ3) is 2.01. The van der Waals surface area contributed by atoms with Crippen LogP contribution in [0.4, 0.5) is 0 Å². The molecule has 0 N–H and O–H groups in total. The topological polar surface area (TPSA) is 47.4 Å². The summed E-state index contributed by atoms with van der Waals surface area (Å²) < 4.78 is 0. The molecule has 0 saturated carbocycles. The lowest BCUT2D eigenvalue weighted by Crippen LogP contribution is -2.01. The zero-order valence-corrected chi connectivity index (χ0v) is 9.15. The van der Waals surface area contributed by atoms with Gasteiger partial charge in [-0.15, -0.1) is 0 Å². The van der Waals surface area contributed by atoms with Gasteiger partial charge in [0.1, 0.15) is 0 Å². The number of hydrogen-bond acceptors (Lipinski definition) is 4. The predicted molar refractivity (Wildman–Crippen MR) is 63.5 cm³/mol. The van der Waals surface area contributed by atoms with Crippen LogP contribution in [0.25, 0.3) is 0 Å². The Morgan fingerprint density at radius 1 is 1.06 bits per heavy atom. The first-order chi connectivity index (χ1) is 8.43. The van der Waals surface area contributed by atoms with E-state index in [0.29, 0.717) is 0 Å². The first-order valence-corrected chi connectivity index (χ1v) is 5.46. The molecule has 4 heteroatoms. The van der Waals surface area contributed by atoms with E-state index in [0.717, 1.165) is 23.3 Å². The quantitative estimate of drug-likeness (QED) is 0.788. The van der Waals surface area contributed by atoms with Gasteiger partial charge in [-0.3, -0.25) is 9.97 Å². The van der Waals surface area contributed by atoms with Crippen LogP contribution >= 0.6 is 0 Å². The highest BCUT2D eigenvalue weighted by molar-refractivity contribution is 6.01. The molecule has 17 heavy (non-hydrogen) atoms. The number of pyridine rings is 2. The van der Waals surface area contributed by atoms with Crippen LogP contribution in [0.5, 0.6) is 0 Å². The van der Waals surface area contributed by atoms with Gasteiger partial charge in [-0.25, -0.2) is 0 Å². The maximum atomic E-state index is 5.43. The molecular formula is C13H11N3O. The highest BCUT2D eigenvalue weighted by Crippen LogP contribution is 2.28. The van der Waals surface area contributed by atoms with E-state index in [9.17, 15) is 0 Å². The number of nitrogens with zero attached hydrogens (tertiary/aromatic N) is 3. The predicted octanol–water partition coefficient (Wildman–Crippen LogP) is 2.34. The van der Waals surface area contributed by atoms with Crippen molar-refractivity contribution in [3.05, 3.63) is 60.2 Å². The molecule has 2 aromatic heterocycles. The van der Waals surface area contributed by atoms with E-state index >= 15 is 0 Å². The monoisotopic (exact) mass is 225 g/mol. The van der Waals surface area contributed by atoms with Crippen molar-refractivity contribution in [3.8, 4) is 0 Å². The molecule has 0 amide bonds. The molecule has 0 spiro atoms. The van der Waals surface area contributed by atoms with Gasteiger partial charge in [-0.1, -0.05) is 11.2 Å². The molecule has 1 aliphatic heterocycles. The SMILES string of the molecule is c1cncc(C2=NOC(c3cccnc3)C2)c1. The molecule has 1 aliphatic rings. The second-order valence-corrected chi connectivity index (χ2v) is 3.86. The second kappa shape index (κ2) is 4.33. The van der Waals surface area contributed by atoms with Crippen LogP contribution in [0.3, 0.4) is 0 Å². The standard InChI is InChI=1S/C13H11N3O/c1-3-10(8-14-5-1)12-7-13(17-16-12)11-4-2-6-15-9-11/h1-6,8-9,13H,7H2. The summed E-state index contributed by atoms with van der Waals surface area (Å²) in [6.45, 7) is 0. The summed E-state index contributed by atoms with van der Waals surface area (Å²) in [5.41, 5.74) is 3.00. The van der Waals surface area contributed by atoms with Crippen LogP contribution in [0.2, 0.25) is 0 Å². The molecule has 1 atom stereocenters. The molecule has 0 fully saturated rings. The first-order valence-electron chi connectivity index (χ1n) is 5.46. The van der Waals surface area contributed by atoms with E-state index < -0.39 is 0 Å². The molecule has 4 nitrogen and oxygen atoms in total. The smallest absolute Gasteiger partial charge is 0.159 e. The normalized spacial score (nSPS) is 18.6. The molecule has 2 aromatic rings. The largest absolute Gasteiger partial charge is 0.387 e. The third-order valence-corrected chi connectivity index (χ3v) is 2.72. The summed E-state index contributed by atoms with van der Waals surface area (Å²) in [5, 5.41) is 4.11.